The zero-order chi connectivity index (χ0) is 10.6. The Morgan fingerprint density at radius 2 is 1.93 bits per heavy atom. The van der Waals surface area contributed by atoms with Crippen LogP contribution in [-0.2, 0) is 0 Å². The van der Waals surface area contributed by atoms with Crippen LogP contribution in [0.25, 0.3) is 0 Å². The molecule has 1 aromatic carbocycles. The standard InChI is InChI=1S/C9H9F3OS/c1-2-13-7-5-3-4-6-8(7)14-9(10,11)12/h3-6H,2H2,1H3. The lowest BCUT2D eigenvalue weighted by atomic mass is 10.3. The molecule has 0 saturated heterocycles. The Morgan fingerprint density at radius 3 is 2.50 bits per heavy atom. The third-order valence-electron chi connectivity index (χ3n) is 1.37. The summed E-state index contributed by atoms with van der Waals surface area (Å²) < 4.78 is 41.3. The predicted molar refractivity (Wildman–Crippen MR) is 49.5 cm³/mol. The van der Waals surface area contributed by atoms with Crippen LogP contribution in [0, 0.1) is 0 Å². The first-order chi connectivity index (χ1) is 6.53. The predicted octanol–water partition coefficient (Wildman–Crippen LogP) is 3.70. The van der Waals surface area contributed by atoms with E-state index < -0.39 is 5.51 Å². The summed E-state index contributed by atoms with van der Waals surface area (Å²) in [5.74, 6) is 0.275. The van der Waals surface area contributed by atoms with Gasteiger partial charge < -0.3 is 4.74 Å². The van der Waals surface area contributed by atoms with Crippen molar-refractivity contribution in [3.8, 4) is 5.75 Å². The molecule has 0 saturated carbocycles. The van der Waals surface area contributed by atoms with Crippen molar-refractivity contribution in [1.82, 2.24) is 0 Å². The van der Waals surface area contributed by atoms with E-state index >= 15 is 0 Å². The van der Waals surface area contributed by atoms with Gasteiger partial charge >= 0.3 is 5.51 Å². The Morgan fingerprint density at radius 1 is 1.29 bits per heavy atom. The van der Waals surface area contributed by atoms with Gasteiger partial charge in [-0.05, 0) is 30.8 Å². The monoisotopic (exact) mass is 222 g/mol. The maximum Gasteiger partial charge on any atom is 0.446 e. The van der Waals surface area contributed by atoms with Gasteiger partial charge in [0.05, 0.1) is 11.5 Å². The molecule has 1 rings (SSSR count). The van der Waals surface area contributed by atoms with Gasteiger partial charge in [-0.15, -0.1) is 0 Å². The van der Waals surface area contributed by atoms with E-state index in [-0.39, 0.29) is 22.4 Å². The summed E-state index contributed by atoms with van der Waals surface area (Å²) in [5, 5.41) is 0. The van der Waals surface area contributed by atoms with Crippen LogP contribution >= 0.6 is 11.8 Å². The number of benzene rings is 1. The van der Waals surface area contributed by atoms with E-state index in [2.05, 4.69) is 0 Å². The Balaban J connectivity index is 2.84. The fourth-order valence-corrected chi connectivity index (χ4v) is 1.56. The SMILES string of the molecule is CCOc1ccccc1SC(F)(F)F. The molecule has 0 amide bonds. The number of para-hydroxylation sites is 1. The molecule has 1 nitrogen and oxygen atoms in total. The van der Waals surface area contributed by atoms with Crippen LogP contribution in [0.2, 0.25) is 0 Å². The molecule has 14 heavy (non-hydrogen) atoms. The summed E-state index contributed by atoms with van der Waals surface area (Å²) in [7, 11) is 0. The summed E-state index contributed by atoms with van der Waals surface area (Å²) in [6, 6.07) is 6.11. The van der Waals surface area contributed by atoms with Crippen molar-refractivity contribution >= 4 is 11.8 Å². The van der Waals surface area contributed by atoms with Crippen LogP contribution in [0.5, 0.6) is 5.75 Å². The van der Waals surface area contributed by atoms with E-state index in [1.807, 2.05) is 0 Å². The Bertz CT molecular complexity index is 298. The molecule has 0 aromatic heterocycles. The van der Waals surface area contributed by atoms with Gasteiger partial charge in [0.1, 0.15) is 5.75 Å². The number of rotatable bonds is 3. The van der Waals surface area contributed by atoms with E-state index in [9.17, 15) is 13.2 Å². The number of halogens is 3. The molecule has 0 aliphatic rings. The Hall–Kier alpha value is -0.840. The van der Waals surface area contributed by atoms with Gasteiger partial charge in [0, 0.05) is 0 Å². The summed E-state index contributed by atoms with van der Waals surface area (Å²) in [6.45, 7) is 2.09. The van der Waals surface area contributed by atoms with Crippen LogP contribution in [0.4, 0.5) is 13.2 Å². The van der Waals surface area contributed by atoms with Crippen molar-refractivity contribution in [3.05, 3.63) is 24.3 Å². The van der Waals surface area contributed by atoms with E-state index in [1.165, 1.54) is 12.1 Å². The van der Waals surface area contributed by atoms with Crippen molar-refractivity contribution in [2.75, 3.05) is 6.61 Å². The van der Waals surface area contributed by atoms with Crippen molar-refractivity contribution < 1.29 is 17.9 Å². The van der Waals surface area contributed by atoms with Gasteiger partial charge in [0.15, 0.2) is 0 Å². The largest absolute Gasteiger partial charge is 0.493 e. The van der Waals surface area contributed by atoms with Crippen molar-refractivity contribution in [1.29, 1.82) is 0 Å². The summed E-state index contributed by atoms with van der Waals surface area (Å²) in [5.41, 5.74) is -4.27. The molecule has 0 aliphatic carbocycles. The van der Waals surface area contributed by atoms with Crippen molar-refractivity contribution in [2.45, 2.75) is 17.3 Å². The molecule has 5 heteroatoms. The molecule has 0 radical (unpaired) electrons. The highest BCUT2D eigenvalue weighted by atomic mass is 32.2. The van der Waals surface area contributed by atoms with Crippen LogP contribution in [-0.4, -0.2) is 12.1 Å². The molecule has 0 heterocycles. The first-order valence-electron chi connectivity index (χ1n) is 4.00. The lowest BCUT2D eigenvalue weighted by molar-refractivity contribution is -0.0329. The van der Waals surface area contributed by atoms with Crippen LogP contribution < -0.4 is 4.74 Å². The van der Waals surface area contributed by atoms with Crippen LogP contribution in [0.15, 0.2) is 29.2 Å². The minimum absolute atomic E-state index is 0.0989. The van der Waals surface area contributed by atoms with Gasteiger partial charge in [-0.3, -0.25) is 0 Å². The average Bonchev–Trinajstić information content (AvgIpc) is 2.06. The second-order valence-corrected chi connectivity index (χ2v) is 3.53. The maximum absolute atomic E-state index is 12.1. The summed E-state index contributed by atoms with van der Waals surface area (Å²) in [4.78, 5) is 0.0989. The molecule has 0 unspecified atom stereocenters. The summed E-state index contributed by atoms with van der Waals surface area (Å²) >= 11 is -0.158. The molecule has 0 aliphatic heterocycles. The zero-order valence-corrected chi connectivity index (χ0v) is 8.28. The van der Waals surface area contributed by atoms with E-state index in [4.69, 9.17) is 4.74 Å². The minimum atomic E-state index is -4.27. The molecule has 78 valence electrons. The molecule has 0 N–H and O–H groups in total. The zero-order valence-electron chi connectivity index (χ0n) is 7.47. The molecule has 1 aromatic rings. The molecular weight excluding hydrogens is 213 g/mol. The molecular formula is C9H9F3OS. The smallest absolute Gasteiger partial charge is 0.446 e. The van der Waals surface area contributed by atoms with E-state index in [0.29, 0.717) is 6.61 Å². The maximum atomic E-state index is 12.1. The molecule has 0 fully saturated rings. The lowest BCUT2D eigenvalue weighted by Gasteiger charge is -2.10. The summed E-state index contributed by atoms with van der Waals surface area (Å²) in [6.07, 6.45) is 0. The second kappa shape index (κ2) is 4.59. The number of alkyl halides is 3. The average molecular weight is 222 g/mol. The number of thioether (sulfide) groups is 1. The Kier molecular flexibility index (Phi) is 3.69. The second-order valence-electron chi connectivity index (χ2n) is 2.43. The normalized spacial score (nSPS) is 11.4. The third-order valence-corrected chi connectivity index (χ3v) is 2.16. The lowest BCUT2D eigenvalue weighted by Crippen LogP contribution is -2.01. The van der Waals surface area contributed by atoms with Crippen LogP contribution in [0.3, 0.4) is 0 Å². The first-order valence-corrected chi connectivity index (χ1v) is 4.82. The fraction of sp³-hybridized carbons (Fsp3) is 0.333. The van der Waals surface area contributed by atoms with Gasteiger partial charge in [-0.2, -0.15) is 13.2 Å². The highest BCUT2D eigenvalue weighted by Crippen LogP contribution is 2.41. The van der Waals surface area contributed by atoms with Crippen molar-refractivity contribution in [3.63, 3.8) is 0 Å². The van der Waals surface area contributed by atoms with Crippen LogP contribution in [0.1, 0.15) is 6.92 Å². The van der Waals surface area contributed by atoms with Gasteiger partial charge in [0.2, 0.25) is 0 Å². The number of hydrogen-bond acceptors (Lipinski definition) is 2. The van der Waals surface area contributed by atoms with Gasteiger partial charge in [0.25, 0.3) is 0 Å². The van der Waals surface area contributed by atoms with E-state index in [1.54, 1.807) is 19.1 Å². The van der Waals surface area contributed by atoms with Gasteiger partial charge in [-0.25, -0.2) is 0 Å². The molecule has 0 bridgehead atoms. The number of hydrogen-bond donors (Lipinski definition) is 0. The van der Waals surface area contributed by atoms with Crippen molar-refractivity contribution in [2.24, 2.45) is 0 Å². The topological polar surface area (TPSA) is 9.23 Å². The quantitative estimate of drug-likeness (QED) is 0.721. The highest BCUT2D eigenvalue weighted by molar-refractivity contribution is 8.00. The minimum Gasteiger partial charge on any atom is -0.493 e. The highest BCUT2D eigenvalue weighted by Gasteiger charge is 2.30. The fourth-order valence-electron chi connectivity index (χ4n) is 0.934. The van der Waals surface area contributed by atoms with E-state index in [0.717, 1.165) is 0 Å². The number of ether oxygens (including phenoxy) is 1. The third kappa shape index (κ3) is 3.49. The molecule has 0 spiro atoms. The first kappa shape index (κ1) is 11.2. The molecule has 0 atom stereocenters. The van der Waals surface area contributed by atoms with Gasteiger partial charge in [-0.1, -0.05) is 12.1 Å². The Labute approximate surface area is 84.3 Å².